The number of carbonyl (C=O) groups excluding carboxylic acids is 1. The Kier molecular flexibility index (Phi) is 14.0. The highest BCUT2D eigenvalue weighted by atomic mass is 31.2. The molecule has 56 heavy (non-hydrogen) atoms. The molecule has 1 N–H and O–H groups in total. The number of nitrogens with zero attached hydrogens (tertiary/aromatic N) is 3. The molecule has 13 nitrogen and oxygen atoms in total. The zero-order valence-electron chi connectivity index (χ0n) is 33.2. The molecule has 1 fully saturated rings. The summed E-state index contributed by atoms with van der Waals surface area (Å²) in [6.07, 6.45) is -0.471. The predicted molar refractivity (Wildman–Crippen MR) is 213 cm³/mol. The molecule has 1 aromatic heterocycles. The second-order valence-electron chi connectivity index (χ2n) is 14.2. The first-order chi connectivity index (χ1) is 26.8. The summed E-state index contributed by atoms with van der Waals surface area (Å²) in [6, 6.07) is 26.7. The van der Waals surface area contributed by atoms with E-state index >= 15 is 0 Å². The lowest BCUT2D eigenvalue weighted by molar-refractivity contribution is -0.174. The van der Waals surface area contributed by atoms with E-state index in [2.05, 4.69) is 15.7 Å². The minimum absolute atomic E-state index is 0.0300. The molecule has 5 rings (SSSR count). The molecule has 1 unspecified atom stereocenters. The smallest absolute Gasteiger partial charge is 0.330 e. The average Bonchev–Trinajstić information content (AvgIpc) is 3.56. The van der Waals surface area contributed by atoms with Gasteiger partial charge < -0.3 is 28.0 Å². The number of hydrogen-bond acceptors (Lipinski definition) is 11. The van der Waals surface area contributed by atoms with Crippen LogP contribution in [0.5, 0.6) is 11.5 Å². The monoisotopic (exact) mass is 786 g/mol. The highest BCUT2D eigenvalue weighted by Crippen LogP contribution is 2.53. The first kappa shape index (κ1) is 42.5. The Morgan fingerprint density at radius 3 is 2.02 bits per heavy atom. The molecule has 0 aliphatic carbocycles. The lowest BCUT2D eigenvalue weighted by Crippen LogP contribution is -2.53. The number of aromatic nitrogens is 2. The maximum atomic E-state index is 14.4. The number of nitriles is 1. The van der Waals surface area contributed by atoms with Crippen molar-refractivity contribution in [3.63, 3.8) is 0 Å². The minimum atomic E-state index is -1.88. The number of aryl methyl sites for hydroxylation is 1. The van der Waals surface area contributed by atoms with E-state index in [1.54, 1.807) is 21.1 Å². The van der Waals surface area contributed by atoms with Gasteiger partial charge in [-0.1, -0.05) is 54.6 Å². The predicted octanol–water partition coefficient (Wildman–Crippen LogP) is 6.78. The van der Waals surface area contributed by atoms with E-state index in [1.807, 2.05) is 107 Å². The van der Waals surface area contributed by atoms with Crippen molar-refractivity contribution in [2.24, 2.45) is 0 Å². The summed E-state index contributed by atoms with van der Waals surface area (Å²) in [6.45, 7) is 10.8. The Labute approximate surface area is 329 Å². The zero-order valence-corrected chi connectivity index (χ0v) is 34.1. The number of hydrogen-bond donors (Lipinski definition) is 1. The van der Waals surface area contributed by atoms with Crippen LogP contribution in [0.25, 0.3) is 0 Å². The van der Waals surface area contributed by atoms with Crippen LogP contribution in [0.3, 0.4) is 0 Å². The van der Waals surface area contributed by atoms with Crippen molar-refractivity contribution in [1.82, 2.24) is 14.2 Å². The second kappa shape index (κ2) is 18.5. The lowest BCUT2D eigenvalue weighted by Gasteiger charge is -2.42. The normalized spacial score (nSPS) is 19.0. The summed E-state index contributed by atoms with van der Waals surface area (Å²) in [4.78, 5) is 42.5. The van der Waals surface area contributed by atoms with Crippen molar-refractivity contribution < 1.29 is 32.8 Å². The quantitative estimate of drug-likeness (QED) is 0.0645. The molecule has 0 amide bonds. The van der Waals surface area contributed by atoms with Crippen molar-refractivity contribution in [2.75, 3.05) is 27.4 Å². The SMILES string of the molecule is COc1ccc(C(OC[C@@]2(C(C)=O)O[C@@H](n3cc(C)c(=O)[nH]c3=O)C[C@@H]2OP(OCCC#N)N(C(C)C)C(C)C)(c2ccccc2)c2ccc(OC)cc2)cc1. The summed E-state index contributed by atoms with van der Waals surface area (Å²) in [7, 11) is 1.31. The maximum absolute atomic E-state index is 14.4. The van der Waals surface area contributed by atoms with E-state index in [0.717, 1.165) is 16.7 Å². The first-order valence-electron chi connectivity index (χ1n) is 18.6. The summed E-state index contributed by atoms with van der Waals surface area (Å²) < 4.78 is 41.6. The number of benzene rings is 3. The van der Waals surface area contributed by atoms with E-state index in [1.165, 1.54) is 17.7 Å². The Bertz CT molecular complexity index is 2030. The minimum Gasteiger partial charge on any atom is -0.497 e. The summed E-state index contributed by atoms with van der Waals surface area (Å²) in [5.41, 5.74) is -1.82. The Hall–Kier alpha value is -4.67. The fourth-order valence-corrected chi connectivity index (χ4v) is 8.85. The summed E-state index contributed by atoms with van der Waals surface area (Å²) in [5, 5.41) is 9.36. The van der Waals surface area contributed by atoms with Crippen molar-refractivity contribution in [1.29, 1.82) is 5.26 Å². The maximum Gasteiger partial charge on any atom is 0.330 e. The molecule has 1 saturated heterocycles. The number of methoxy groups -OCH3 is 2. The van der Waals surface area contributed by atoms with Gasteiger partial charge in [0.1, 0.15) is 29.4 Å². The second-order valence-corrected chi connectivity index (χ2v) is 15.6. The summed E-state index contributed by atoms with van der Waals surface area (Å²) in [5.74, 6) is 0.887. The third-order valence-electron chi connectivity index (χ3n) is 9.89. The molecule has 3 aromatic carbocycles. The zero-order chi connectivity index (χ0) is 40.6. The third-order valence-corrected chi connectivity index (χ3v) is 12.0. The van der Waals surface area contributed by atoms with Gasteiger partial charge in [0.25, 0.3) is 14.1 Å². The van der Waals surface area contributed by atoms with Crippen molar-refractivity contribution in [2.45, 2.75) is 90.0 Å². The fraction of sp³-hybridized carbons (Fsp3) is 0.429. The third kappa shape index (κ3) is 8.82. The largest absolute Gasteiger partial charge is 0.497 e. The van der Waals surface area contributed by atoms with Gasteiger partial charge in [0, 0.05) is 30.3 Å². The van der Waals surface area contributed by atoms with Gasteiger partial charge in [0.15, 0.2) is 11.4 Å². The number of H-pyrrole nitrogens is 1. The van der Waals surface area contributed by atoms with E-state index < -0.39 is 49.1 Å². The molecule has 4 aromatic rings. The van der Waals surface area contributed by atoms with E-state index in [4.69, 9.17) is 28.0 Å². The Morgan fingerprint density at radius 1 is 0.964 bits per heavy atom. The highest BCUT2D eigenvalue weighted by molar-refractivity contribution is 7.44. The van der Waals surface area contributed by atoms with Crippen LogP contribution in [0.4, 0.5) is 0 Å². The molecule has 0 saturated carbocycles. The van der Waals surface area contributed by atoms with Gasteiger partial charge in [-0.05, 0) is 82.5 Å². The van der Waals surface area contributed by atoms with Gasteiger partial charge in [-0.15, -0.1) is 0 Å². The first-order valence-corrected chi connectivity index (χ1v) is 19.7. The van der Waals surface area contributed by atoms with Crippen LogP contribution in [0.2, 0.25) is 0 Å². The number of carbonyl (C=O) groups is 1. The molecular formula is C42H51N4O9P. The lowest BCUT2D eigenvalue weighted by atomic mass is 9.79. The molecule has 4 atom stereocenters. The van der Waals surface area contributed by atoms with Crippen molar-refractivity contribution in [3.05, 3.63) is 128 Å². The van der Waals surface area contributed by atoms with Gasteiger partial charge >= 0.3 is 5.69 Å². The van der Waals surface area contributed by atoms with Gasteiger partial charge in [-0.2, -0.15) is 5.26 Å². The Balaban J connectivity index is 1.71. The molecule has 298 valence electrons. The highest BCUT2D eigenvalue weighted by Gasteiger charge is 2.57. The van der Waals surface area contributed by atoms with Crippen LogP contribution in [-0.4, -0.2) is 71.2 Å². The number of Topliss-reactive ketones (excluding diaryl/α,β-unsaturated/α-hetero) is 1. The van der Waals surface area contributed by atoms with Crippen LogP contribution < -0.4 is 20.7 Å². The average molecular weight is 787 g/mol. The van der Waals surface area contributed by atoms with E-state index in [0.29, 0.717) is 11.5 Å². The molecule has 14 heteroatoms. The number of aromatic amines is 1. The van der Waals surface area contributed by atoms with Gasteiger partial charge in [0.05, 0.1) is 39.9 Å². The fourth-order valence-electron chi connectivity index (χ4n) is 7.07. The van der Waals surface area contributed by atoms with Gasteiger partial charge in [0.2, 0.25) is 0 Å². The van der Waals surface area contributed by atoms with E-state index in [-0.39, 0.29) is 43.7 Å². The van der Waals surface area contributed by atoms with Crippen LogP contribution in [-0.2, 0) is 28.9 Å². The number of ketones is 1. The van der Waals surface area contributed by atoms with Gasteiger partial charge in [-0.3, -0.25) is 19.1 Å². The molecule has 0 spiro atoms. The molecule has 1 aliphatic heterocycles. The molecule has 0 bridgehead atoms. The molecule has 0 radical (unpaired) electrons. The van der Waals surface area contributed by atoms with Crippen LogP contribution >= 0.6 is 8.53 Å². The topological polar surface area (TPSA) is 154 Å². The summed E-state index contributed by atoms with van der Waals surface area (Å²) >= 11 is 0. The van der Waals surface area contributed by atoms with Crippen LogP contribution in [0.15, 0.2) is 94.6 Å². The van der Waals surface area contributed by atoms with Gasteiger partial charge in [-0.25, -0.2) is 9.46 Å². The van der Waals surface area contributed by atoms with Crippen molar-refractivity contribution in [3.8, 4) is 17.6 Å². The molecule has 1 aliphatic rings. The Morgan fingerprint density at radius 2 is 1.52 bits per heavy atom. The van der Waals surface area contributed by atoms with Crippen molar-refractivity contribution >= 4 is 14.3 Å². The van der Waals surface area contributed by atoms with Crippen LogP contribution in [0.1, 0.15) is 75.9 Å². The van der Waals surface area contributed by atoms with E-state index in [9.17, 15) is 19.6 Å². The standard InChI is InChI=1S/C42H51N4O9P/c1-28(2)46(29(3)4)56(53-24-12-23-43)55-37-25-38(45-26-30(5)39(48)44-40(45)49)54-41(37,31(6)47)27-52-42(32-13-10-9-11-14-32,33-15-19-35(50-7)20-16-33)34-17-21-36(51-8)22-18-34/h9-11,13-22,26,28-29,37-38H,12,24-25,27H2,1-8H3,(H,44,48,49)/t37-,38+,41-,56?/m0/s1. The molecule has 2 heterocycles. The molecular weight excluding hydrogens is 735 g/mol. The van der Waals surface area contributed by atoms with Crippen LogP contribution in [0, 0.1) is 18.3 Å². The number of nitrogens with one attached hydrogen (secondary N) is 1. The number of ether oxygens (including phenoxy) is 4. The number of rotatable bonds is 18.